The van der Waals surface area contributed by atoms with Crippen LogP contribution < -0.4 is 0 Å². The van der Waals surface area contributed by atoms with Crippen molar-refractivity contribution in [2.24, 2.45) is 7.05 Å². The van der Waals surface area contributed by atoms with E-state index in [0.29, 0.717) is 13.0 Å². The van der Waals surface area contributed by atoms with Crippen LogP contribution in [0.5, 0.6) is 0 Å². The first-order valence-electron chi connectivity index (χ1n) is 8.18. The lowest BCUT2D eigenvalue weighted by atomic mass is 10.0. The highest BCUT2D eigenvalue weighted by atomic mass is 32.1. The molecule has 0 spiro atoms. The van der Waals surface area contributed by atoms with Gasteiger partial charge in [0.05, 0.1) is 31.4 Å². The Morgan fingerprint density at radius 3 is 3.26 bits per heavy atom. The van der Waals surface area contributed by atoms with Gasteiger partial charge in [-0.2, -0.15) is 5.10 Å². The van der Waals surface area contributed by atoms with E-state index in [1.807, 2.05) is 34.1 Å². The van der Waals surface area contributed by atoms with Crippen LogP contribution in [0.4, 0.5) is 0 Å². The highest BCUT2D eigenvalue weighted by Crippen LogP contribution is 2.36. The van der Waals surface area contributed by atoms with Gasteiger partial charge in [0, 0.05) is 36.1 Å². The van der Waals surface area contributed by atoms with Crippen LogP contribution >= 0.6 is 11.3 Å². The topological polar surface area (TPSA) is 47.4 Å². The van der Waals surface area contributed by atoms with Crippen LogP contribution in [-0.4, -0.2) is 33.7 Å². The summed E-state index contributed by atoms with van der Waals surface area (Å²) in [4.78, 5) is 15.9. The number of nitrogens with zero attached hydrogens (tertiary/aromatic N) is 3. The SMILES string of the molecule is Cn1nc(C2CCCN2C(=O)Cc2cccs2)c2c1CCOC2. The van der Waals surface area contributed by atoms with E-state index in [1.54, 1.807) is 11.3 Å². The summed E-state index contributed by atoms with van der Waals surface area (Å²) in [6, 6.07) is 4.14. The number of amides is 1. The molecule has 1 saturated heterocycles. The summed E-state index contributed by atoms with van der Waals surface area (Å²) < 4.78 is 7.61. The summed E-state index contributed by atoms with van der Waals surface area (Å²) in [5, 5.41) is 6.77. The molecule has 0 aromatic carbocycles. The van der Waals surface area contributed by atoms with Crippen molar-refractivity contribution in [2.75, 3.05) is 13.2 Å². The Hall–Kier alpha value is -1.66. The second kappa shape index (κ2) is 6.09. The number of ether oxygens (including phenoxy) is 1. The molecule has 2 aromatic heterocycles. The van der Waals surface area contributed by atoms with Gasteiger partial charge in [-0.05, 0) is 24.3 Å². The minimum Gasteiger partial charge on any atom is -0.376 e. The van der Waals surface area contributed by atoms with E-state index in [2.05, 4.69) is 0 Å². The molecule has 0 saturated carbocycles. The van der Waals surface area contributed by atoms with Gasteiger partial charge in [-0.25, -0.2) is 0 Å². The summed E-state index contributed by atoms with van der Waals surface area (Å²) in [5.41, 5.74) is 3.53. The Kier molecular flexibility index (Phi) is 3.95. The lowest BCUT2D eigenvalue weighted by Gasteiger charge is -2.25. The fourth-order valence-electron chi connectivity index (χ4n) is 3.72. The maximum Gasteiger partial charge on any atom is 0.228 e. The third kappa shape index (κ3) is 2.70. The zero-order valence-corrected chi connectivity index (χ0v) is 14.1. The lowest BCUT2D eigenvalue weighted by Crippen LogP contribution is -2.32. The Morgan fingerprint density at radius 2 is 2.43 bits per heavy atom. The minimum atomic E-state index is 0.110. The van der Waals surface area contributed by atoms with E-state index in [0.717, 1.165) is 43.0 Å². The maximum absolute atomic E-state index is 12.7. The third-order valence-corrected chi connectivity index (χ3v) is 5.71. The highest BCUT2D eigenvalue weighted by molar-refractivity contribution is 7.10. The molecule has 1 unspecified atom stereocenters. The Bertz CT molecular complexity index is 708. The van der Waals surface area contributed by atoms with Crippen LogP contribution in [0.2, 0.25) is 0 Å². The quantitative estimate of drug-likeness (QED) is 0.868. The van der Waals surface area contributed by atoms with Crippen LogP contribution in [0, 0.1) is 0 Å². The van der Waals surface area contributed by atoms with Gasteiger partial charge >= 0.3 is 0 Å². The lowest BCUT2D eigenvalue weighted by molar-refractivity contribution is -0.131. The number of carbonyl (C=O) groups is 1. The van der Waals surface area contributed by atoms with E-state index in [-0.39, 0.29) is 11.9 Å². The first-order valence-corrected chi connectivity index (χ1v) is 9.06. The molecule has 2 aliphatic rings. The second-order valence-corrected chi connectivity index (χ2v) is 7.27. The second-order valence-electron chi connectivity index (χ2n) is 6.24. The number of hydrogen-bond donors (Lipinski definition) is 0. The molecular formula is C17H21N3O2S. The summed E-state index contributed by atoms with van der Waals surface area (Å²) in [7, 11) is 2.00. The Balaban J connectivity index is 1.59. The van der Waals surface area contributed by atoms with Crippen molar-refractivity contribution in [3.8, 4) is 0 Å². The number of thiophene rings is 1. The van der Waals surface area contributed by atoms with Crippen LogP contribution in [0.25, 0.3) is 0 Å². The van der Waals surface area contributed by atoms with Crippen LogP contribution in [0.1, 0.15) is 40.7 Å². The van der Waals surface area contributed by atoms with E-state index in [9.17, 15) is 4.79 Å². The van der Waals surface area contributed by atoms with E-state index in [4.69, 9.17) is 9.84 Å². The van der Waals surface area contributed by atoms with Crippen molar-refractivity contribution in [3.63, 3.8) is 0 Å². The molecule has 23 heavy (non-hydrogen) atoms. The van der Waals surface area contributed by atoms with Crippen molar-refractivity contribution in [3.05, 3.63) is 39.3 Å². The molecule has 1 atom stereocenters. The smallest absolute Gasteiger partial charge is 0.228 e. The number of carbonyl (C=O) groups excluding carboxylic acids is 1. The zero-order chi connectivity index (χ0) is 15.8. The first-order chi connectivity index (χ1) is 11.2. The molecule has 0 aliphatic carbocycles. The van der Waals surface area contributed by atoms with Gasteiger partial charge in [-0.15, -0.1) is 11.3 Å². The molecule has 0 bridgehead atoms. The minimum absolute atomic E-state index is 0.110. The number of likely N-dealkylation sites (tertiary alicyclic amines) is 1. The van der Waals surface area contributed by atoms with Gasteiger partial charge < -0.3 is 9.64 Å². The maximum atomic E-state index is 12.7. The average Bonchev–Trinajstić information content (AvgIpc) is 3.27. The Morgan fingerprint density at radius 1 is 1.52 bits per heavy atom. The van der Waals surface area contributed by atoms with Gasteiger partial charge in [-0.1, -0.05) is 6.07 Å². The van der Waals surface area contributed by atoms with Gasteiger partial charge in [0.1, 0.15) is 0 Å². The summed E-state index contributed by atoms with van der Waals surface area (Å²) in [6.45, 7) is 2.22. The third-order valence-electron chi connectivity index (χ3n) is 4.83. The number of fused-ring (bicyclic) bond motifs is 1. The molecule has 1 amide bonds. The van der Waals surface area contributed by atoms with Gasteiger partial charge in [0.15, 0.2) is 0 Å². The number of aryl methyl sites for hydroxylation is 1. The van der Waals surface area contributed by atoms with E-state index >= 15 is 0 Å². The fourth-order valence-corrected chi connectivity index (χ4v) is 4.42. The van der Waals surface area contributed by atoms with Gasteiger partial charge in [0.2, 0.25) is 5.91 Å². The summed E-state index contributed by atoms with van der Waals surface area (Å²) >= 11 is 1.65. The van der Waals surface area contributed by atoms with E-state index in [1.165, 1.54) is 11.3 Å². The largest absolute Gasteiger partial charge is 0.376 e. The predicted octanol–water partition coefficient (Wildman–Crippen LogP) is 2.46. The number of aromatic nitrogens is 2. The van der Waals surface area contributed by atoms with Crippen molar-refractivity contribution in [1.29, 1.82) is 0 Å². The average molecular weight is 331 g/mol. The molecule has 0 radical (unpaired) electrons. The summed E-state index contributed by atoms with van der Waals surface area (Å²) in [6.07, 6.45) is 3.46. The first kappa shape index (κ1) is 14.9. The fraction of sp³-hybridized carbons (Fsp3) is 0.529. The van der Waals surface area contributed by atoms with Crippen LogP contribution in [0.3, 0.4) is 0 Å². The summed E-state index contributed by atoms with van der Waals surface area (Å²) in [5.74, 6) is 0.214. The van der Waals surface area contributed by atoms with Crippen molar-refractivity contribution in [1.82, 2.24) is 14.7 Å². The number of rotatable bonds is 3. The molecule has 4 heterocycles. The van der Waals surface area contributed by atoms with Crippen molar-refractivity contribution < 1.29 is 9.53 Å². The normalized spacial score (nSPS) is 20.7. The van der Waals surface area contributed by atoms with Gasteiger partial charge in [0.25, 0.3) is 0 Å². The predicted molar refractivity (Wildman–Crippen MR) is 88.3 cm³/mol. The van der Waals surface area contributed by atoms with Crippen LogP contribution in [0.15, 0.2) is 17.5 Å². The van der Waals surface area contributed by atoms with Crippen molar-refractivity contribution in [2.45, 2.75) is 38.3 Å². The van der Waals surface area contributed by atoms with Crippen molar-refractivity contribution >= 4 is 17.2 Å². The molecule has 1 fully saturated rings. The molecule has 5 nitrogen and oxygen atoms in total. The molecule has 122 valence electrons. The molecule has 2 aliphatic heterocycles. The Labute approximate surface area is 139 Å². The highest BCUT2D eigenvalue weighted by Gasteiger charge is 2.35. The molecule has 0 N–H and O–H groups in total. The molecule has 4 rings (SSSR count). The molecule has 2 aromatic rings. The monoisotopic (exact) mass is 331 g/mol. The van der Waals surface area contributed by atoms with Gasteiger partial charge in [-0.3, -0.25) is 9.48 Å². The standard InChI is InChI=1S/C17H21N3O2S/c1-19-14-6-8-22-11-13(14)17(18-19)15-5-2-7-20(15)16(21)10-12-4-3-9-23-12/h3-4,9,15H,2,5-8,10-11H2,1H3. The zero-order valence-electron chi connectivity index (χ0n) is 13.3. The number of hydrogen-bond acceptors (Lipinski definition) is 4. The van der Waals surface area contributed by atoms with E-state index < -0.39 is 0 Å². The molecule has 6 heteroatoms. The molecular weight excluding hydrogens is 310 g/mol. The van der Waals surface area contributed by atoms with Crippen LogP contribution in [-0.2, 0) is 36.0 Å².